The zero-order chi connectivity index (χ0) is 19.4. The Balaban J connectivity index is 1.91. The molecule has 0 fully saturated rings. The Kier molecular flexibility index (Phi) is 5.69. The molecule has 27 heavy (non-hydrogen) atoms. The minimum atomic E-state index is -0.300. The van der Waals surface area contributed by atoms with E-state index < -0.39 is 0 Å². The van der Waals surface area contributed by atoms with E-state index in [0.29, 0.717) is 12.1 Å². The van der Waals surface area contributed by atoms with E-state index in [9.17, 15) is 9.18 Å². The highest BCUT2D eigenvalue weighted by Crippen LogP contribution is 2.20. The first-order valence-corrected chi connectivity index (χ1v) is 9.16. The molecular weight excluding hydrogens is 341 g/mol. The number of hydrogen-bond donors (Lipinski definition) is 0. The highest BCUT2D eigenvalue weighted by Gasteiger charge is 2.24. The summed E-state index contributed by atoms with van der Waals surface area (Å²) >= 11 is 0. The zero-order valence-corrected chi connectivity index (χ0v) is 15.9. The van der Waals surface area contributed by atoms with Gasteiger partial charge in [0.1, 0.15) is 5.82 Å². The molecule has 0 saturated heterocycles. The summed E-state index contributed by atoms with van der Waals surface area (Å²) in [5.74, 6) is -0.343. The molecule has 0 aliphatic heterocycles. The van der Waals surface area contributed by atoms with Gasteiger partial charge in [0.15, 0.2) is 0 Å². The van der Waals surface area contributed by atoms with Gasteiger partial charge in [-0.15, -0.1) is 0 Å². The molecule has 0 N–H and O–H groups in total. The van der Waals surface area contributed by atoms with Crippen LogP contribution in [0.2, 0.25) is 0 Å². The van der Waals surface area contributed by atoms with Crippen LogP contribution in [0.3, 0.4) is 0 Å². The van der Waals surface area contributed by atoms with Crippen LogP contribution in [0.15, 0.2) is 60.8 Å². The van der Waals surface area contributed by atoms with Crippen LogP contribution in [-0.2, 0) is 6.54 Å². The minimum absolute atomic E-state index is 0.0425. The van der Waals surface area contributed by atoms with Crippen LogP contribution in [0.25, 0.3) is 5.69 Å². The van der Waals surface area contributed by atoms with Crippen molar-refractivity contribution in [1.29, 1.82) is 0 Å². The van der Waals surface area contributed by atoms with E-state index in [1.54, 1.807) is 23.0 Å². The molecule has 1 amide bonds. The van der Waals surface area contributed by atoms with Crippen LogP contribution < -0.4 is 0 Å². The number of amides is 1. The Morgan fingerprint density at radius 2 is 1.81 bits per heavy atom. The highest BCUT2D eigenvalue weighted by atomic mass is 19.1. The predicted octanol–water partition coefficient (Wildman–Crippen LogP) is 4.76. The fraction of sp³-hybridized carbons (Fsp3) is 0.273. The van der Waals surface area contributed by atoms with Crippen molar-refractivity contribution in [2.24, 2.45) is 0 Å². The SMILES string of the molecule is CCC(C)N(Cc1ccccc1)C(=O)c1cnn(-c2ccc(F)cc2)c1C. The van der Waals surface area contributed by atoms with Crippen molar-refractivity contribution < 1.29 is 9.18 Å². The molecule has 5 heteroatoms. The van der Waals surface area contributed by atoms with Crippen molar-refractivity contribution in [2.75, 3.05) is 0 Å². The number of hydrogen-bond acceptors (Lipinski definition) is 2. The summed E-state index contributed by atoms with van der Waals surface area (Å²) in [6.45, 7) is 6.54. The zero-order valence-electron chi connectivity index (χ0n) is 15.9. The van der Waals surface area contributed by atoms with Crippen LogP contribution >= 0.6 is 0 Å². The van der Waals surface area contributed by atoms with E-state index >= 15 is 0 Å². The number of nitrogens with zero attached hydrogens (tertiary/aromatic N) is 3. The lowest BCUT2D eigenvalue weighted by Gasteiger charge is -2.28. The van der Waals surface area contributed by atoms with Crippen molar-refractivity contribution in [3.63, 3.8) is 0 Å². The molecule has 0 aliphatic carbocycles. The molecule has 0 radical (unpaired) electrons. The molecule has 1 heterocycles. The lowest BCUT2D eigenvalue weighted by Crippen LogP contribution is -2.38. The number of carbonyl (C=O) groups excluding carboxylic acids is 1. The van der Waals surface area contributed by atoms with E-state index in [0.717, 1.165) is 23.4 Å². The molecule has 3 aromatic rings. The Morgan fingerprint density at radius 3 is 2.44 bits per heavy atom. The molecule has 0 spiro atoms. The van der Waals surface area contributed by atoms with Crippen LogP contribution in [-0.4, -0.2) is 26.6 Å². The summed E-state index contributed by atoms with van der Waals surface area (Å²) in [6, 6.07) is 16.2. The van der Waals surface area contributed by atoms with Crippen molar-refractivity contribution >= 4 is 5.91 Å². The number of halogens is 1. The van der Waals surface area contributed by atoms with Crippen molar-refractivity contribution in [3.8, 4) is 5.69 Å². The molecule has 140 valence electrons. The second-order valence-electron chi connectivity index (χ2n) is 6.71. The maximum Gasteiger partial charge on any atom is 0.257 e. The van der Waals surface area contributed by atoms with Gasteiger partial charge in [-0.3, -0.25) is 4.79 Å². The first kappa shape index (κ1) is 18.8. The molecule has 2 aromatic carbocycles. The monoisotopic (exact) mass is 365 g/mol. The average Bonchev–Trinajstić information content (AvgIpc) is 3.08. The van der Waals surface area contributed by atoms with Crippen molar-refractivity contribution in [2.45, 2.75) is 39.8 Å². The summed E-state index contributed by atoms with van der Waals surface area (Å²) < 4.78 is 14.9. The number of aromatic nitrogens is 2. The van der Waals surface area contributed by atoms with Gasteiger partial charge in [0.25, 0.3) is 5.91 Å². The second kappa shape index (κ2) is 8.16. The Bertz CT molecular complexity index is 903. The third kappa shape index (κ3) is 4.08. The smallest absolute Gasteiger partial charge is 0.257 e. The van der Waals surface area contributed by atoms with Crippen molar-refractivity contribution in [3.05, 3.63) is 83.4 Å². The van der Waals surface area contributed by atoms with Gasteiger partial charge in [0.2, 0.25) is 0 Å². The van der Waals surface area contributed by atoms with Gasteiger partial charge in [0, 0.05) is 12.6 Å². The van der Waals surface area contributed by atoms with Crippen LogP contribution in [0.5, 0.6) is 0 Å². The quantitative estimate of drug-likeness (QED) is 0.632. The van der Waals surface area contributed by atoms with E-state index in [4.69, 9.17) is 0 Å². The van der Waals surface area contributed by atoms with Gasteiger partial charge in [-0.25, -0.2) is 9.07 Å². The summed E-state index contributed by atoms with van der Waals surface area (Å²) in [7, 11) is 0. The topological polar surface area (TPSA) is 38.1 Å². The Morgan fingerprint density at radius 1 is 1.15 bits per heavy atom. The molecule has 4 nitrogen and oxygen atoms in total. The number of rotatable bonds is 6. The molecular formula is C22H24FN3O. The molecule has 0 saturated carbocycles. The fourth-order valence-electron chi connectivity index (χ4n) is 3.05. The fourth-order valence-corrected chi connectivity index (χ4v) is 3.05. The lowest BCUT2D eigenvalue weighted by atomic mass is 10.1. The van der Waals surface area contributed by atoms with Crippen LogP contribution in [0, 0.1) is 12.7 Å². The van der Waals surface area contributed by atoms with Gasteiger partial charge in [-0.05, 0) is 50.1 Å². The van der Waals surface area contributed by atoms with Gasteiger partial charge < -0.3 is 4.90 Å². The van der Waals surface area contributed by atoms with Gasteiger partial charge in [-0.1, -0.05) is 37.3 Å². The molecule has 1 aromatic heterocycles. The number of benzene rings is 2. The highest BCUT2D eigenvalue weighted by molar-refractivity contribution is 5.95. The average molecular weight is 365 g/mol. The van der Waals surface area contributed by atoms with Gasteiger partial charge >= 0.3 is 0 Å². The normalized spacial score (nSPS) is 12.0. The summed E-state index contributed by atoms with van der Waals surface area (Å²) in [6.07, 6.45) is 2.46. The minimum Gasteiger partial charge on any atom is -0.332 e. The van der Waals surface area contributed by atoms with E-state index in [2.05, 4.69) is 18.9 Å². The molecule has 0 bridgehead atoms. The first-order chi connectivity index (χ1) is 13.0. The molecule has 1 unspecified atom stereocenters. The Hall–Kier alpha value is -2.95. The summed E-state index contributed by atoms with van der Waals surface area (Å²) in [5.41, 5.74) is 3.13. The Labute approximate surface area is 159 Å². The summed E-state index contributed by atoms with van der Waals surface area (Å²) in [5, 5.41) is 4.36. The van der Waals surface area contributed by atoms with E-state index in [1.807, 2.05) is 42.2 Å². The third-order valence-corrected chi connectivity index (χ3v) is 4.89. The predicted molar refractivity (Wildman–Crippen MR) is 104 cm³/mol. The molecule has 1 atom stereocenters. The number of carbonyl (C=O) groups is 1. The van der Waals surface area contributed by atoms with Gasteiger partial charge in [-0.2, -0.15) is 5.10 Å². The maximum absolute atomic E-state index is 13.3. The van der Waals surface area contributed by atoms with E-state index in [-0.39, 0.29) is 17.8 Å². The molecule has 0 aliphatic rings. The maximum atomic E-state index is 13.3. The standard InChI is InChI=1S/C22H24FN3O/c1-4-16(2)25(15-18-8-6-5-7-9-18)22(27)21-14-24-26(17(21)3)20-12-10-19(23)11-13-20/h5-14,16H,4,15H2,1-3H3. The third-order valence-electron chi connectivity index (χ3n) is 4.89. The summed E-state index contributed by atoms with van der Waals surface area (Å²) in [4.78, 5) is 15.2. The van der Waals surface area contributed by atoms with Crippen molar-refractivity contribution in [1.82, 2.24) is 14.7 Å². The van der Waals surface area contributed by atoms with Crippen LogP contribution in [0.4, 0.5) is 4.39 Å². The first-order valence-electron chi connectivity index (χ1n) is 9.16. The van der Waals surface area contributed by atoms with Crippen LogP contribution in [0.1, 0.15) is 41.9 Å². The largest absolute Gasteiger partial charge is 0.332 e. The lowest BCUT2D eigenvalue weighted by molar-refractivity contribution is 0.0671. The second-order valence-corrected chi connectivity index (χ2v) is 6.71. The van der Waals surface area contributed by atoms with E-state index in [1.165, 1.54) is 12.1 Å². The van der Waals surface area contributed by atoms with Gasteiger partial charge in [0.05, 0.1) is 23.1 Å². The molecule has 3 rings (SSSR count).